The fourth-order valence-corrected chi connectivity index (χ4v) is 3.84. The zero-order valence-corrected chi connectivity index (χ0v) is 14.7. The molecule has 0 aromatic heterocycles. The largest absolute Gasteiger partial charge is 0.496 e. The average Bonchev–Trinajstić information content (AvgIpc) is 2.69. The second-order valence-corrected chi connectivity index (χ2v) is 6.72. The van der Waals surface area contributed by atoms with Crippen molar-refractivity contribution >= 4 is 16.5 Å². The fourth-order valence-electron chi connectivity index (χ4n) is 3.84. The molecular formula is C22H25N2O+. The SMILES string of the molecule is COc1ccc2ccccc2c1C[NH+]1CCN(c2ccccc2)CC1. The molecule has 3 aromatic carbocycles. The standard InChI is InChI=1S/C22H24N2O/c1-25-22-12-11-18-7-5-6-10-20(18)21(22)17-23-13-15-24(16-14-23)19-8-3-2-4-9-19/h2-12H,13-17H2,1H3/p+1. The molecule has 0 saturated carbocycles. The van der Waals surface area contributed by atoms with Crippen molar-refractivity contribution in [1.29, 1.82) is 0 Å². The van der Waals surface area contributed by atoms with Crippen molar-refractivity contribution in [1.82, 2.24) is 0 Å². The lowest BCUT2D eigenvalue weighted by Crippen LogP contribution is -3.13. The van der Waals surface area contributed by atoms with Gasteiger partial charge in [-0.15, -0.1) is 0 Å². The molecule has 1 aliphatic rings. The number of methoxy groups -OCH3 is 1. The number of hydrogen-bond acceptors (Lipinski definition) is 2. The molecule has 128 valence electrons. The summed E-state index contributed by atoms with van der Waals surface area (Å²) in [6.07, 6.45) is 0. The Balaban J connectivity index is 1.51. The van der Waals surface area contributed by atoms with Crippen LogP contribution in [0.5, 0.6) is 5.75 Å². The van der Waals surface area contributed by atoms with Gasteiger partial charge in [-0.1, -0.05) is 48.5 Å². The summed E-state index contributed by atoms with van der Waals surface area (Å²) in [5.74, 6) is 1.01. The number of ether oxygens (including phenoxy) is 1. The van der Waals surface area contributed by atoms with Crippen molar-refractivity contribution < 1.29 is 9.64 Å². The maximum absolute atomic E-state index is 5.66. The highest BCUT2D eigenvalue weighted by Crippen LogP contribution is 2.27. The van der Waals surface area contributed by atoms with Gasteiger partial charge in [0.1, 0.15) is 12.3 Å². The molecule has 3 aromatic rings. The van der Waals surface area contributed by atoms with Gasteiger partial charge in [0.15, 0.2) is 0 Å². The molecule has 0 aliphatic carbocycles. The minimum absolute atomic E-state index is 1.01. The first-order valence-electron chi connectivity index (χ1n) is 9.03. The molecule has 1 N–H and O–H groups in total. The Bertz CT molecular complexity index is 839. The van der Waals surface area contributed by atoms with Gasteiger partial charge in [-0.05, 0) is 29.0 Å². The monoisotopic (exact) mass is 333 g/mol. The van der Waals surface area contributed by atoms with E-state index < -0.39 is 0 Å². The van der Waals surface area contributed by atoms with Crippen molar-refractivity contribution in [2.24, 2.45) is 0 Å². The molecule has 1 aliphatic heterocycles. The molecule has 0 amide bonds. The summed E-state index contributed by atoms with van der Waals surface area (Å²) in [4.78, 5) is 4.12. The van der Waals surface area contributed by atoms with Crippen molar-refractivity contribution in [3.63, 3.8) is 0 Å². The predicted molar refractivity (Wildman–Crippen MR) is 104 cm³/mol. The van der Waals surface area contributed by atoms with Crippen molar-refractivity contribution in [3.05, 3.63) is 72.3 Å². The van der Waals surface area contributed by atoms with Gasteiger partial charge in [0, 0.05) is 5.69 Å². The summed E-state index contributed by atoms with van der Waals surface area (Å²) in [6.45, 7) is 5.54. The molecule has 0 radical (unpaired) electrons. The number of quaternary nitrogens is 1. The van der Waals surface area contributed by atoms with Crippen LogP contribution in [0, 0.1) is 0 Å². The van der Waals surface area contributed by atoms with Crippen LogP contribution in [0.25, 0.3) is 10.8 Å². The topological polar surface area (TPSA) is 16.9 Å². The second kappa shape index (κ2) is 7.16. The quantitative estimate of drug-likeness (QED) is 0.791. The maximum atomic E-state index is 5.66. The Hall–Kier alpha value is -2.52. The Morgan fingerprint density at radius 1 is 0.880 bits per heavy atom. The Labute approximate surface area is 149 Å². The van der Waals surface area contributed by atoms with E-state index in [1.165, 1.54) is 22.0 Å². The molecule has 0 atom stereocenters. The Morgan fingerprint density at radius 3 is 2.36 bits per heavy atom. The highest BCUT2D eigenvalue weighted by Gasteiger charge is 2.22. The molecule has 4 rings (SSSR count). The number of nitrogens with zero attached hydrogens (tertiary/aromatic N) is 1. The van der Waals surface area contributed by atoms with Crippen LogP contribution < -0.4 is 14.5 Å². The van der Waals surface area contributed by atoms with Gasteiger partial charge in [0.05, 0.1) is 38.9 Å². The molecule has 3 nitrogen and oxygen atoms in total. The summed E-state index contributed by atoms with van der Waals surface area (Å²) in [5.41, 5.74) is 2.67. The number of benzene rings is 3. The Kier molecular flexibility index (Phi) is 4.57. The molecule has 1 saturated heterocycles. The first-order chi connectivity index (χ1) is 12.3. The van der Waals surface area contributed by atoms with Crippen LogP contribution in [-0.4, -0.2) is 33.3 Å². The van der Waals surface area contributed by atoms with Gasteiger partial charge in [-0.2, -0.15) is 0 Å². The molecule has 3 heteroatoms. The van der Waals surface area contributed by atoms with Gasteiger partial charge >= 0.3 is 0 Å². The van der Waals surface area contributed by atoms with E-state index >= 15 is 0 Å². The molecule has 1 heterocycles. The van der Waals surface area contributed by atoms with Crippen LogP contribution in [0.1, 0.15) is 5.56 Å². The number of rotatable bonds is 4. The third-order valence-corrected chi connectivity index (χ3v) is 5.24. The Morgan fingerprint density at radius 2 is 1.60 bits per heavy atom. The van der Waals surface area contributed by atoms with Crippen molar-refractivity contribution in [2.75, 3.05) is 38.2 Å². The van der Waals surface area contributed by atoms with Crippen LogP contribution in [0.15, 0.2) is 66.7 Å². The number of piperazine rings is 1. The maximum Gasteiger partial charge on any atom is 0.128 e. The summed E-state index contributed by atoms with van der Waals surface area (Å²) in [5, 5.41) is 2.61. The van der Waals surface area contributed by atoms with E-state index in [0.717, 1.165) is 38.5 Å². The van der Waals surface area contributed by atoms with E-state index in [-0.39, 0.29) is 0 Å². The normalized spacial score (nSPS) is 15.5. The van der Waals surface area contributed by atoms with Crippen LogP contribution in [-0.2, 0) is 6.54 Å². The summed E-state index contributed by atoms with van der Waals surface area (Å²) >= 11 is 0. The highest BCUT2D eigenvalue weighted by atomic mass is 16.5. The molecular weight excluding hydrogens is 308 g/mol. The van der Waals surface area contributed by atoms with Gasteiger partial charge < -0.3 is 14.5 Å². The van der Waals surface area contributed by atoms with Crippen molar-refractivity contribution in [3.8, 4) is 5.75 Å². The zero-order chi connectivity index (χ0) is 17.1. The highest BCUT2D eigenvalue weighted by molar-refractivity contribution is 5.87. The summed E-state index contributed by atoms with van der Waals surface area (Å²) in [7, 11) is 1.77. The third kappa shape index (κ3) is 3.33. The van der Waals surface area contributed by atoms with E-state index in [1.54, 1.807) is 12.0 Å². The second-order valence-electron chi connectivity index (χ2n) is 6.72. The first kappa shape index (κ1) is 16.0. The third-order valence-electron chi connectivity index (χ3n) is 5.24. The summed E-state index contributed by atoms with van der Waals surface area (Å²) in [6, 6.07) is 23.6. The fraction of sp³-hybridized carbons (Fsp3) is 0.273. The van der Waals surface area contributed by atoms with E-state index in [9.17, 15) is 0 Å². The number of anilines is 1. The van der Waals surface area contributed by atoms with E-state index in [0.29, 0.717) is 0 Å². The lowest BCUT2D eigenvalue weighted by atomic mass is 10.0. The number of hydrogen-bond donors (Lipinski definition) is 1. The predicted octanol–water partition coefficient (Wildman–Crippen LogP) is 2.75. The average molecular weight is 333 g/mol. The minimum atomic E-state index is 1.01. The van der Waals surface area contributed by atoms with E-state index in [1.807, 2.05) is 0 Å². The number of nitrogens with one attached hydrogen (secondary N) is 1. The zero-order valence-electron chi connectivity index (χ0n) is 14.7. The van der Waals surface area contributed by atoms with Gasteiger partial charge in [0.25, 0.3) is 0 Å². The molecule has 1 fully saturated rings. The van der Waals surface area contributed by atoms with Crippen molar-refractivity contribution in [2.45, 2.75) is 6.54 Å². The smallest absolute Gasteiger partial charge is 0.128 e. The molecule has 0 bridgehead atoms. The van der Waals surface area contributed by atoms with Gasteiger partial charge in [-0.3, -0.25) is 0 Å². The minimum Gasteiger partial charge on any atom is -0.496 e. The molecule has 25 heavy (non-hydrogen) atoms. The lowest BCUT2D eigenvalue weighted by molar-refractivity contribution is -0.914. The van der Waals surface area contributed by atoms with Gasteiger partial charge in [-0.25, -0.2) is 0 Å². The van der Waals surface area contributed by atoms with E-state index in [4.69, 9.17) is 4.74 Å². The van der Waals surface area contributed by atoms with Crippen LogP contribution >= 0.6 is 0 Å². The van der Waals surface area contributed by atoms with Gasteiger partial charge in [0.2, 0.25) is 0 Å². The van der Waals surface area contributed by atoms with Crippen LogP contribution in [0.4, 0.5) is 5.69 Å². The molecule has 0 unspecified atom stereocenters. The van der Waals surface area contributed by atoms with Crippen LogP contribution in [0.2, 0.25) is 0 Å². The molecule has 0 spiro atoms. The number of para-hydroxylation sites is 1. The van der Waals surface area contributed by atoms with Crippen LogP contribution in [0.3, 0.4) is 0 Å². The summed E-state index contributed by atoms with van der Waals surface area (Å²) < 4.78 is 5.66. The first-order valence-corrected chi connectivity index (χ1v) is 9.03. The lowest BCUT2D eigenvalue weighted by Gasteiger charge is -2.34. The number of fused-ring (bicyclic) bond motifs is 1. The van der Waals surface area contributed by atoms with E-state index in [2.05, 4.69) is 71.6 Å².